The number of piperidine rings is 1. The molecule has 2 N–H and O–H groups in total. The molecule has 6 heteroatoms. The van der Waals surface area contributed by atoms with Crippen LogP contribution in [0.15, 0.2) is 30.3 Å². The Hall–Kier alpha value is -1.11. The first-order valence-corrected chi connectivity index (χ1v) is 6.46. The molecule has 0 aromatic heterocycles. The highest BCUT2D eigenvalue weighted by atomic mass is 19.4. The monoisotopic (exact) mass is 271 g/mol. The molecule has 19 heavy (non-hydrogen) atoms. The first-order chi connectivity index (χ1) is 9.06. The van der Waals surface area contributed by atoms with E-state index in [9.17, 15) is 13.2 Å². The Bertz CT molecular complexity index is 442. The average molecular weight is 271 g/mol. The van der Waals surface area contributed by atoms with E-state index < -0.39 is 11.8 Å². The molecule has 0 bridgehead atoms. The maximum Gasteiger partial charge on any atom is 0.426 e. The van der Waals surface area contributed by atoms with Crippen LogP contribution >= 0.6 is 0 Å². The highest BCUT2D eigenvalue weighted by Crippen LogP contribution is 2.51. The van der Waals surface area contributed by atoms with E-state index in [1.165, 1.54) is 17.1 Å². The second-order valence-electron chi connectivity index (χ2n) is 5.04. The average Bonchev–Trinajstić information content (AvgIpc) is 3.17. The zero-order chi connectivity index (χ0) is 13.5. The molecule has 0 amide bonds. The number of halogens is 3. The first-order valence-electron chi connectivity index (χ1n) is 6.46. The van der Waals surface area contributed by atoms with Crippen molar-refractivity contribution in [2.24, 2.45) is 0 Å². The van der Waals surface area contributed by atoms with Gasteiger partial charge in [0.25, 0.3) is 0 Å². The third-order valence-corrected chi connectivity index (χ3v) is 3.87. The highest BCUT2D eigenvalue weighted by molar-refractivity contribution is 5.31. The molecule has 1 aromatic carbocycles. The number of nitrogens with zero attached hydrogens (tertiary/aromatic N) is 1. The van der Waals surface area contributed by atoms with Crippen LogP contribution in [-0.4, -0.2) is 30.3 Å². The van der Waals surface area contributed by atoms with Gasteiger partial charge in [0.2, 0.25) is 5.66 Å². The Morgan fingerprint density at radius 3 is 2.32 bits per heavy atom. The summed E-state index contributed by atoms with van der Waals surface area (Å²) >= 11 is 0. The molecule has 104 valence electrons. The van der Waals surface area contributed by atoms with E-state index >= 15 is 0 Å². The number of hydrogen-bond donors (Lipinski definition) is 2. The molecule has 2 aliphatic rings. The van der Waals surface area contributed by atoms with Crippen molar-refractivity contribution in [2.75, 3.05) is 13.1 Å². The second-order valence-corrected chi connectivity index (χ2v) is 5.04. The lowest BCUT2D eigenvalue weighted by molar-refractivity contribution is -0.178. The van der Waals surface area contributed by atoms with Crippen molar-refractivity contribution < 1.29 is 13.2 Å². The summed E-state index contributed by atoms with van der Waals surface area (Å²) in [6, 6.07) is 8.00. The van der Waals surface area contributed by atoms with Gasteiger partial charge in [0.15, 0.2) is 0 Å². The normalized spacial score (nSPS) is 32.3. The lowest BCUT2D eigenvalue weighted by Gasteiger charge is -2.27. The van der Waals surface area contributed by atoms with Crippen LogP contribution in [0, 0.1) is 0 Å². The number of hydrogen-bond acceptors (Lipinski definition) is 3. The van der Waals surface area contributed by atoms with E-state index in [1.54, 1.807) is 18.2 Å². The van der Waals surface area contributed by atoms with Gasteiger partial charge in [-0.25, -0.2) is 10.4 Å². The Kier molecular flexibility index (Phi) is 3.03. The van der Waals surface area contributed by atoms with Crippen molar-refractivity contribution >= 4 is 0 Å². The molecule has 0 spiro atoms. The van der Waals surface area contributed by atoms with Crippen molar-refractivity contribution in [3.05, 3.63) is 35.9 Å². The maximum atomic E-state index is 13.5. The topological polar surface area (TPSA) is 37.0 Å². The lowest BCUT2D eigenvalue weighted by Crippen LogP contribution is -2.42. The second kappa shape index (κ2) is 4.47. The van der Waals surface area contributed by atoms with Crippen molar-refractivity contribution in [3.63, 3.8) is 0 Å². The smallest absolute Gasteiger partial charge is 0.317 e. The molecule has 2 saturated heterocycles. The van der Waals surface area contributed by atoms with E-state index in [2.05, 4.69) is 10.7 Å². The Labute approximate surface area is 109 Å². The molecule has 0 saturated carbocycles. The van der Waals surface area contributed by atoms with Crippen LogP contribution in [0.4, 0.5) is 13.2 Å². The molecular weight excluding hydrogens is 255 g/mol. The van der Waals surface area contributed by atoms with Crippen molar-refractivity contribution in [1.82, 2.24) is 15.8 Å². The molecule has 2 atom stereocenters. The van der Waals surface area contributed by atoms with Gasteiger partial charge in [-0.2, -0.15) is 13.2 Å². The summed E-state index contributed by atoms with van der Waals surface area (Å²) in [5.74, 6) is 0. The van der Waals surface area contributed by atoms with Gasteiger partial charge in [0.05, 0.1) is 0 Å². The minimum Gasteiger partial charge on any atom is -0.317 e. The summed E-state index contributed by atoms with van der Waals surface area (Å²) in [5.41, 5.74) is 0.864. The Balaban J connectivity index is 1.89. The predicted molar refractivity (Wildman–Crippen MR) is 65.0 cm³/mol. The summed E-state index contributed by atoms with van der Waals surface area (Å²) in [4.78, 5) is 0. The largest absolute Gasteiger partial charge is 0.426 e. The number of rotatable bonds is 2. The van der Waals surface area contributed by atoms with Gasteiger partial charge in [-0.05, 0) is 31.5 Å². The van der Waals surface area contributed by atoms with E-state index in [0.29, 0.717) is 0 Å². The molecule has 3 nitrogen and oxygen atoms in total. The molecule has 2 unspecified atom stereocenters. The first kappa shape index (κ1) is 12.9. The van der Waals surface area contributed by atoms with Gasteiger partial charge < -0.3 is 5.32 Å². The van der Waals surface area contributed by atoms with Gasteiger partial charge in [-0.3, -0.25) is 0 Å². The van der Waals surface area contributed by atoms with Gasteiger partial charge in [0.1, 0.15) is 0 Å². The molecular formula is C13H16F3N3. The Morgan fingerprint density at radius 1 is 1.11 bits per heavy atom. The molecule has 0 radical (unpaired) electrons. The standard InChI is InChI=1S/C13H16F3N3/c14-13(15,16)12(10-4-2-1-3-5-10)18-19(12)11-6-8-17-9-7-11/h1-5,11,17-18H,6-9H2. The fraction of sp³-hybridized carbons (Fsp3) is 0.538. The summed E-state index contributed by atoms with van der Waals surface area (Å²) in [7, 11) is 0. The number of alkyl halides is 3. The maximum absolute atomic E-state index is 13.5. The summed E-state index contributed by atoms with van der Waals surface area (Å²) < 4.78 is 40.4. The molecule has 2 aliphatic heterocycles. The summed E-state index contributed by atoms with van der Waals surface area (Å²) in [6.07, 6.45) is -2.85. The molecule has 1 aromatic rings. The molecule has 0 aliphatic carbocycles. The van der Waals surface area contributed by atoms with Crippen LogP contribution in [0.2, 0.25) is 0 Å². The van der Waals surface area contributed by atoms with E-state index in [0.717, 1.165) is 25.9 Å². The fourth-order valence-electron chi connectivity index (χ4n) is 2.83. The molecule has 2 fully saturated rings. The lowest BCUT2D eigenvalue weighted by atomic mass is 10.00. The molecule has 3 rings (SSSR count). The van der Waals surface area contributed by atoms with Crippen molar-refractivity contribution in [3.8, 4) is 0 Å². The van der Waals surface area contributed by atoms with Crippen molar-refractivity contribution in [1.29, 1.82) is 0 Å². The predicted octanol–water partition coefficient (Wildman–Crippen LogP) is 1.97. The minimum atomic E-state index is -4.32. The zero-order valence-electron chi connectivity index (χ0n) is 10.4. The quantitative estimate of drug-likeness (QED) is 0.808. The van der Waals surface area contributed by atoms with Gasteiger partial charge in [-0.15, -0.1) is 0 Å². The SMILES string of the molecule is FC(F)(F)C1(c2ccccc2)NN1C1CCNCC1. The third-order valence-electron chi connectivity index (χ3n) is 3.87. The molecule has 2 heterocycles. The van der Waals surface area contributed by atoms with Crippen LogP contribution < -0.4 is 10.7 Å². The van der Waals surface area contributed by atoms with Crippen LogP contribution in [-0.2, 0) is 5.66 Å². The highest BCUT2D eigenvalue weighted by Gasteiger charge is 2.72. The zero-order valence-corrected chi connectivity index (χ0v) is 10.4. The summed E-state index contributed by atoms with van der Waals surface area (Å²) in [5, 5.41) is 4.55. The van der Waals surface area contributed by atoms with Crippen LogP contribution in [0.1, 0.15) is 18.4 Å². The minimum absolute atomic E-state index is 0.0666. The van der Waals surface area contributed by atoms with E-state index in [4.69, 9.17) is 0 Å². The van der Waals surface area contributed by atoms with Crippen LogP contribution in [0.5, 0.6) is 0 Å². The third kappa shape index (κ3) is 2.04. The van der Waals surface area contributed by atoms with Crippen LogP contribution in [0.25, 0.3) is 0 Å². The van der Waals surface area contributed by atoms with E-state index in [-0.39, 0.29) is 11.6 Å². The van der Waals surface area contributed by atoms with Gasteiger partial charge >= 0.3 is 6.18 Å². The van der Waals surface area contributed by atoms with Gasteiger partial charge in [0, 0.05) is 6.04 Å². The van der Waals surface area contributed by atoms with Crippen LogP contribution in [0.3, 0.4) is 0 Å². The van der Waals surface area contributed by atoms with Gasteiger partial charge in [-0.1, -0.05) is 30.3 Å². The number of benzene rings is 1. The van der Waals surface area contributed by atoms with Crippen molar-refractivity contribution in [2.45, 2.75) is 30.7 Å². The Morgan fingerprint density at radius 2 is 1.74 bits per heavy atom. The number of hydrazine groups is 1. The summed E-state index contributed by atoms with van der Waals surface area (Å²) in [6.45, 7) is 1.54. The van der Waals surface area contributed by atoms with E-state index in [1.807, 2.05) is 0 Å². The number of nitrogens with one attached hydrogen (secondary N) is 2. The fourth-order valence-corrected chi connectivity index (χ4v) is 2.83.